The van der Waals surface area contributed by atoms with Gasteiger partial charge in [-0.2, -0.15) is 0 Å². The zero-order chi connectivity index (χ0) is 9.84. The van der Waals surface area contributed by atoms with Crippen LogP contribution in [0.5, 0.6) is 0 Å². The SMILES string of the molecule is COC(=O)C(C)C(=O)c1cscn1. The molecule has 0 bridgehead atoms. The number of nitrogens with zero attached hydrogens (tertiary/aromatic N) is 1. The van der Waals surface area contributed by atoms with Crippen molar-refractivity contribution in [3.63, 3.8) is 0 Å². The molecule has 0 aliphatic rings. The molecular formula is C8H9NO3S. The molecule has 0 aliphatic heterocycles. The second-order valence-electron chi connectivity index (χ2n) is 2.48. The second kappa shape index (κ2) is 4.13. The number of carbonyl (C=O) groups excluding carboxylic acids is 2. The van der Waals surface area contributed by atoms with Crippen LogP contribution in [0.15, 0.2) is 10.9 Å². The lowest BCUT2D eigenvalue weighted by Crippen LogP contribution is -2.22. The van der Waals surface area contributed by atoms with Crippen molar-refractivity contribution in [1.82, 2.24) is 4.98 Å². The van der Waals surface area contributed by atoms with Crippen molar-refractivity contribution in [2.75, 3.05) is 7.11 Å². The van der Waals surface area contributed by atoms with Crippen LogP contribution in [0.25, 0.3) is 0 Å². The molecule has 0 N–H and O–H groups in total. The van der Waals surface area contributed by atoms with Crippen LogP contribution in [0.1, 0.15) is 17.4 Å². The summed E-state index contributed by atoms with van der Waals surface area (Å²) in [5, 5.41) is 1.61. The van der Waals surface area contributed by atoms with Crippen LogP contribution in [-0.2, 0) is 9.53 Å². The van der Waals surface area contributed by atoms with E-state index in [9.17, 15) is 9.59 Å². The smallest absolute Gasteiger partial charge is 0.316 e. The van der Waals surface area contributed by atoms with E-state index in [1.54, 1.807) is 10.9 Å². The molecule has 0 saturated carbocycles. The number of carbonyl (C=O) groups is 2. The summed E-state index contributed by atoms with van der Waals surface area (Å²) >= 11 is 1.32. The number of esters is 1. The van der Waals surface area contributed by atoms with Crippen molar-refractivity contribution in [3.05, 3.63) is 16.6 Å². The Morgan fingerprint density at radius 1 is 1.62 bits per heavy atom. The van der Waals surface area contributed by atoms with Crippen LogP contribution in [0.3, 0.4) is 0 Å². The number of Topliss-reactive ketones (excluding diaryl/α,β-unsaturated/α-hetero) is 1. The first-order valence-electron chi connectivity index (χ1n) is 3.67. The normalized spacial score (nSPS) is 12.2. The maximum Gasteiger partial charge on any atom is 0.316 e. The minimum atomic E-state index is -0.771. The molecular weight excluding hydrogens is 190 g/mol. The van der Waals surface area contributed by atoms with Gasteiger partial charge in [0.15, 0.2) is 5.78 Å². The highest BCUT2D eigenvalue weighted by Crippen LogP contribution is 2.10. The Bertz CT molecular complexity index is 307. The summed E-state index contributed by atoms with van der Waals surface area (Å²) in [7, 11) is 1.26. The lowest BCUT2D eigenvalue weighted by Gasteiger charge is -2.04. The van der Waals surface area contributed by atoms with Crippen LogP contribution in [0.2, 0.25) is 0 Å². The molecule has 13 heavy (non-hydrogen) atoms. The van der Waals surface area contributed by atoms with Crippen LogP contribution in [-0.4, -0.2) is 23.8 Å². The third kappa shape index (κ3) is 2.12. The minimum Gasteiger partial charge on any atom is -0.468 e. The number of thiazole rings is 1. The van der Waals surface area contributed by atoms with Gasteiger partial charge in [0, 0.05) is 5.38 Å². The highest BCUT2D eigenvalue weighted by Gasteiger charge is 2.24. The highest BCUT2D eigenvalue weighted by atomic mass is 32.1. The fourth-order valence-corrected chi connectivity index (χ4v) is 1.38. The average molecular weight is 199 g/mol. The topological polar surface area (TPSA) is 56.3 Å². The number of ketones is 1. The third-order valence-electron chi connectivity index (χ3n) is 1.63. The number of methoxy groups -OCH3 is 1. The molecule has 0 radical (unpaired) electrons. The fraction of sp³-hybridized carbons (Fsp3) is 0.375. The monoisotopic (exact) mass is 199 g/mol. The summed E-state index contributed by atoms with van der Waals surface area (Å²) in [6.07, 6.45) is 0. The standard InChI is InChI=1S/C8H9NO3S/c1-5(8(11)12-2)7(10)6-3-13-4-9-6/h3-5H,1-2H3. The van der Waals surface area contributed by atoms with Crippen molar-refractivity contribution in [1.29, 1.82) is 0 Å². The Morgan fingerprint density at radius 3 is 2.77 bits per heavy atom. The molecule has 1 heterocycles. The quantitative estimate of drug-likeness (QED) is 0.416. The van der Waals surface area contributed by atoms with Crippen LogP contribution >= 0.6 is 11.3 Å². The van der Waals surface area contributed by atoms with Crippen molar-refractivity contribution in [2.24, 2.45) is 5.92 Å². The van der Waals surface area contributed by atoms with E-state index < -0.39 is 11.9 Å². The van der Waals surface area contributed by atoms with Gasteiger partial charge in [-0.25, -0.2) is 4.98 Å². The molecule has 0 amide bonds. The first kappa shape index (κ1) is 9.85. The molecule has 1 aromatic rings. The van der Waals surface area contributed by atoms with Crippen molar-refractivity contribution in [3.8, 4) is 0 Å². The fourth-order valence-electron chi connectivity index (χ4n) is 0.840. The summed E-state index contributed by atoms with van der Waals surface area (Å²) in [4.78, 5) is 26.2. The highest BCUT2D eigenvalue weighted by molar-refractivity contribution is 7.07. The van der Waals surface area contributed by atoms with E-state index in [0.29, 0.717) is 5.69 Å². The van der Waals surface area contributed by atoms with Gasteiger partial charge in [0.2, 0.25) is 0 Å². The predicted molar refractivity (Wildman–Crippen MR) is 47.6 cm³/mol. The number of rotatable bonds is 3. The summed E-state index contributed by atoms with van der Waals surface area (Å²) in [5.74, 6) is -1.60. The Hall–Kier alpha value is -1.23. The molecule has 0 aliphatic carbocycles. The van der Waals surface area contributed by atoms with Gasteiger partial charge in [-0.1, -0.05) is 0 Å². The molecule has 5 heteroatoms. The summed E-state index contributed by atoms with van der Waals surface area (Å²) in [6.45, 7) is 1.51. The Labute approximate surface area is 79.6 Å². The van der Waals surface area contributed by atoms with Gasteiger partial charge < -0.3 is 4.74 Å². The first-order valence-corrected chi connectivity index (χ1v) is 4.61. The van der Waals surface area contributed by atoms with Gasteiger partial charge in [0.05, 0.1) is 12.6 Å². The maximum absolute atomic E-state index is 11.4. The third-order valence-corrected chi connectivity index (χ3v) is 2.22. The summed E-state index contributed by atoms with van der Waals surface area (Å²) in [5.41, 5.74) is 1.87. The van der Waals surface area contributed by atoms with Crippen LogP contribution in [0, 0.1) is 5.92 Å². The molecule has 0 fully saturated rings. The first-order chi connectivity index (χ1) is 6.16. The van der Waals surface area contributed by atoms with E-state index >= 15 is 0 Å². The number of ether oxygens (including phenoxy) is 1. The number of aromatic nitrogens is 1. The van der Waals surface area contributed by atoms with Gasteiger partial charge >= 0.3 is 5.97 Å². The van der Waals surface area contributed by atoms with E-state index in [4.69, 9.17) is 0 Å². The molecule has 1 aromatic heterocycles. The van der Waals surface area contributed by atoms with E-state index in [0.717, 1.165) is 0 Å². The van der Waals surface area contributed by atoms with E-state index in [2.05, 4.69) is 9.72 Å². The van der Waals surface area contributed by atoms with E-state index in [1.165, 1.54) is 25.4 Å². The van der Waals surface area contributed by atoms with Gasteiger partial charge in [-0.15, -0.1) is 11.3 Å². The molecule has 1 rings (SSSR count). The van der Waals surface area contributed by atoms with Gasteiger partial charge in [0.25, 0.3) is 0 Å². The predicted octanol–water partition coefficient (Wildman–Crippen LogP) is 1.13. The summed E-state index contributed by atoms with van der Waals surface area (Å²) in [6, 6.07) is 0. The van der Waals surface area contributed by atoms with Gasteiger partial charge in [-0.3, -0.25) is 9.59 Å². The zero-order valence-electron chi connectivity index (χ0n) is 7.31. The Morgan fingerprint density at radius 2 is 2.31 bits per heavy atom. The van der Waals surface area contributed by atoms with Crippen LogP contribution < -0.4 is 0 Å². The zero-order valence-corrected chi connectivity index (χ0v) is 8.13. The van der Waals surface area contributed by atoms with Gasteiger partial charge in [0.1, 0.15) is 11.6 Å². The van der Waals surface area contributed by atoms with Crippen molar-refractivity contribution >= 4 is 23.1 Å². The average Bonchev–Trinajstić information content (AvgIpc) is 2.67. The number of hydrogen-bond acceptors (Lipinski definition) is 5. The molecule has 1 atom stereocenters. The van der Waals surface area contributed by atoms with Crippen LogP contribution in [0.4, 0.5) is 0 Å². The van der Waals surface area contributed by atoms with Crippen molar-refractivity contribution < 1.29 is 14.3 Å². The largest absolute Gasteiger partial charge is 0.468 e. The molecule has 1 unspecified atom stereocenters. The minimum absolute atomic E-state index is 0.298. The number of hydrogen-bond donors (Lipinski definition) is 0. The molecule has 70 valence electrons. The van der Waals surface area contributed by atoms with Gasteiger partial charge in [-0.05, 0) is 6.92 Å². The molecule has 0 saturated heterocycles. The molecule has 4 nitrogen and oxygen atoms in total. The van der Waals surface area contributed by atoms with Crippen molar-refractivity contribution in [2.45, 2.75) is 6.92 Å². The Kier molecular flexibility index (Phi) is 3.13. The van der Waals surface area contributed by atoms with E-state index in [-0.39, 0.29) is 5.78 Å². The molecule has 0 aromatic carbocycles. The van der Waals surface area contributed by atoms with E-state index in [1.807, 2.05) is 0 Å². The lowest BCUT2D eigenvalue weighted by molar-refractivity contribution is -0.143. The second-order valence-corrected chi connectivity index (χ2v) is 3.20. The molecule has 0 spiro atoms. The summed E-state index contributed by atoms with van der Waals surface area (Å²) < 4.78 is 4.45. The Balaban J connectivity index is 2.74. The lowest BCUT2D eigenvalue weighted by atomic mass is 10.1. The maximum atomic E-state index is 11.4.